The van der Waals surface area contributed by atoms with Crippen LogP contribution in [0, 0.1) is 23.2 Å². The minimum absolute atomic E-state index is 0.0414. The molecule has 0 aromatic carbocycles. The summed E-state index contributed by atoms with van der Waals surface area (Å²) in [7, 11) is 0. The zero-order chi connectivity index (χ0) is 30.0. The van der Waals surface area contributed by atoms with Crippen molar-refractivity contribution < 1.29 is 28.6 Å². The van der Waals surface area contributed by atoms with Gasteiger partial charge in [0.1, 0.15) is 19.8 Å². The second kappa shape index (κ2) is 21.2. The predicted molar refractivity (Wildman–Crippen MR) is 170 cm³/mol. The molecule has 0 rings (SSSR count). The Hall–Kier alpha value is -0.540. The fourth-order valence-corrected chi connectivity index (χ4v) is 6.16. The number of esters is 3. The third-order valence-corrected chi connectivity index (χ3v) is 10.7. The molecule has 0 saturated heterocycles. The first-order valence-electron chi connectivity index (χ1n) is 14.5. The molecule has 0 fully saturated rings. The highest BCUT2D eigenvalue weighted by molar-refractivity contribution is 8.00. The fourth-order valence-electron chi connectivity index (χ4n) is 3.26. The quantitative estimate of drug-likeness (QED) is 0.0916. The van der Waals surface area contributed by atoms with Crippen LogP contribution in [0.4, 0.5) is 0 Å². The van der Waals surface area contributed by atoms with E-state index in [1.807, 2.05) is 27.7 Å². The van der Waals surface area contributed by atoms with Crippen LogP contribution in [0.2, 0.25) is 0 Å². The Balaban J connectivity index is 5.17. The van der Waals surface area contributed by atoms with Crippen molar-refractivity contribution in [1.82, 2.24) is 0 Å². The number of thioether (sulfide) groups is 3. The molecule has 230 valence electrons. The highest BCUT2D eigenvalue weighted by Crippen LogP contribution is 2.27. The first-order valence-corrected chi connectivity index (χ1v) is 17.6. The molecule has 0 aromatic heterocycles. The third-order valence-electron chi connectivity index (χ3n) is 5.87. The van der Waals surface area contributed by atoms with Crippen molar-refractivity contribution in [1.29, 1.82) is 0 Å². The Labute approximate surface area is 252 Å². The van der Waals surface area contributed by atoms with Gasteiger partial charge in [-0.15, -0.1) is 0 Å². The van der Waals surface area contributed by atoms with Crippen molar-refractivity contribution in [2.24, 2.45) is 23.2 Å². The van der Waals surface area contributed by atoms with E-state index in [2.05, 4.69) is 41.5 Å². The van der Waals surface area contributed by atoms with Crippen molar-refractivity contribution in [3.05, 3.63) is 0 Å². The van der Waals surface area contributed by atoms with Gasteiger partial charge in [-0.3, -0.25) is 14.4 Å². The van der Waals surface area contributed by atoms with Gasteiger partial charge in [0.05, 0.1) is 24.7 Å². The molecule has 6 nitrogen and oxygen atoms in total. The lowest BCUT2D eigenvalue weighted by molar-refractivity contribution is -0.162. The maximum Gasteiger partial charge on any atom is 0.306 e. The van der Waals surface area contributed by atoms with E-state index >= 15 is 0 Å². The smallest absolute Gasteiger partial charge is 0.306 e. The van der Waals surface area contributed by atoms with E-state index in [4.69, 9.17) is 14.2 Å². The number of rotatable bonds is 22. The summed E-state index contributed by atoms with van der Waals surface area (Å²) in [5.74, 6) is 3.78. The summed E-state index contributed by atoms with van der Waals surface area (Å²) in [6.07, 6.45) is 1.47. The lowest BCUT2D eigenvalue weighted by Crippen LogP contribution is -2.39. The Kier molecular flexibility index (Phi) is 20.9. The van der Waals surface area contributed by atoms with Gasteiger partial charge >= 0.3 is 17.9 Å². The van der Waals surface area contributed by atoms with Crippen molar-refractivity contribution >= 4 is 53.2 Å². The molecule has 0 heterocycles. The first-order chi connectivity index (χ1) is 18.2. The molecule has 0 aliphatic heterocycles. The van der Waals surface area contributed by atoms with Gasteiger partial charge in [0.15, 0.2) is 0 Å². The van der Waals surface area contributed by atoms with E-state index in [9.17, 15) is 14.4 Å². The van der Waals surface area contributed by atoms with Gasteiger partial charge in [0.25, 0.3) is 0 Å². The average Bonchev–Trinajstić information content (AvgIpc) is 2.84. The molecule has 0 aliphatic carbocycles. The van der Waals surface area contributed by atoms with E-state index < -0.39 is 5.41 Å². The number of hydrogen-bond acceptors (Lipinski definition) is 9. The Morgan fingerprint density at radius 1 is 0.538 bits per heavy atom. The normalized spacial score (nSPS) is 15.6. The Morgan fingerprint density at radius 3 is 1.00 bits per heavy atom. The topological polar surface area (TPSA) is 78.9 Å². The summed E-state index contributed by atoms with van der Waals surface area (Å²) in [5.41, 5.74) is -0.780. The molecule has 9 heteroatoms. The standard InChI is InChI=1S/C30H56O6S3/c1-11-30(18-34-27(31)12-24(8)37-15-21(2)3,19-35-28(32)13-25(9)38-16-22(4)5)20-36-29(33)14-26(10)39-17-23(6)7/h21-26H,11-20H2,1-10H3. The number of carbonyl (C=O) groups is 3. The zero-order valence-electron chi connectivity index (χ0n) is 26.2. The van der Waals surface area contributed by atoms with Gasteiger partial charge in [-0.25, -0.2) is 0 Å². The second-order valence-electron chi connectivity index (χ2n) is 12.1. The van der Waals surface area contributed by atoms with Crippen molar-refractivity contribution in [3.8, 4) is 0 Å². The average molecular weight is 609 g/mol. The molecule has 0 amide bonds. The van der Waals surface area contributed by atoms with Gasteiger partial charge in [0.2, 0.25) is 0 Å². The monoisotopic (exact) mass is 608 g/mol. The molecule has 0 radical (unpaired) electrons. The summed E-state index contributed by atoms with van der Waals surface area (Å²) in [5, 5.41) is 0.462. The number of hydrogen-bond donors (Lipinski definition) is 0. The van der Waals surface area contributed by atoms with Crippen molar-refractivity contribution in [3.63, 3.8) is 0 Å². The zero-order valence-corrected chi connectivity index (χ0v) is 28.7. The van der Waals surface area contributed by atoms with Crippen molar-refractivity contribution in [2.75, 3.05) is 37.1 Å². The highest BCUT2D eigenvalue weighted by atomic mass is 32.2. The van der Waals surface area contributed by atoms with Crippen LogP contribution in [0.1, 0.15) is 94.9 Å². The minimum atomic E-state index is -0.780. The largest absolute Gasteiger partial charge is 0.465 e. The molecule has 3 atom stereocenters. The van der Waals surface area contributed by atoms with Gasteiger partial charge in [-0.05, 0) is 41.4 Å². The second-order valence-corrected chi connectivity index (χ2v) is 16.5. The molecule has 0 aromatic rings. The SMILES string of the molecule is CCC(COC(=O)CC(C)SCC(C)C)(COC(=O)CC(C)SCC(C)C)COC(=O)CC(C)SCC(C)C. The summed E-state index contributed by atoms with van der Waals surface area (Å²) in [6.45, 7) is 21.1. The van der Waals surface area contributed by atoms with Gasteiger partial charge < -0.3 is 14.2 Å². The number of ether oxygens (including phenoxy) is 3. The van der Waals surface area contributed by atoms with Crippen LogP contribution in [0.5, 0.6) is 0 Å². The minimum Gasteiger partial charge on any atom is -0.465 e. The molecule has 0 bridgehead atoms. The lowest BCUT2D eigenvalue weighted by Gasteiger charge is -2.31. The molecular weight excluding hydrogens is 553 g/mol. The van der Waals surface area contributed by atoms with Crippen LogP contribution in [0.25, 0.3) is 0 Å². The third kappa shape index (κ3) is 20.9. The van der Waals surface area contributed by atoms with E-state index in [-0.39, 0.29) is 53.5 Å². The maximum atomic E-state index is 12.6. The van der Waals surface area contributed by atoms with Gasteiger partial charge in [-0.2, -0.15) is 35.3 Å². The Morgan fingerprint density at radius 2 is 0.795 bits per heavy atom. The molecule has 0 spiro atoms. The van der Waals surface area contributed by atoms with Crippen LogP contribution >= 0.6 is 35.3 Å². The summed E-state index contributed by atoms with van der Waals surface area (Å²) < 4.78 is 17.1. The van der Waals surface area contributed by atoms with Crippen LogP contribution in [-0.4, -0.2) is 70.7 Å². The summed E-state index contributed by atoms with van der Waals surface area (Å²) >= 11 is 5.28. The summed E-state index contributed by atoms with van der Waals surface area (Å²) in [4.78, 5) is 37.9. The highest BCUT2D eigenvalue weighted by Gasteiger charge is 2.35. The van der Waals surface area contributed by atoms with Crippen LogP contribution in [0.3, 0.4) is 0 Å². The molecular formula is C30H56O6S3. The molecule has 0 N–H and O–H groups in total. The van der Waals surface area contributed by atoms with Crippen LogP contribution < -0.4 is 0 Å². The van der Waals surface area contributed by atoms with Crippen LogP contribution in [-0.2, 0) is 28.6 Å². The predicted octanol–water partition coefficient (Wildman–Crippen LogP) is 7.52. The maximum absolute atomic E-state index is 12.6. The van der Waals surface area contributed by atoms with Crippen LogP contribution in [0.15, 0.2) is 0 Å². The van der Waals surface area contributed by atoms with E-state index in [0.717, 1.165) is 17.3 Å². The fraction of sp³-hybridized carbons (Fsp3) is 0.900. The molecule has 0 aliphatic rings. The Bertz CT molecular complexity index is 610. The molecule has 0 saturated carbocycles. The first kappa shape index (κ1) is 38.5. The van der Waals surface area contributed by atoms with Gasteiger partial charge in [0, 0.05) is 15.7 Å². The lowest BCUT2D eigenvalue weighted by atomic mass is 9.88. The van der Waals surface area contributed by atoms with E-state index in [1.54, 1.807) is 35.3 Å². The summed E-state index contributed by atoms with van der Waals surface area (Å²) in [6, 6.07) is 0. The molecule has 39 heavy (non-hydrogen) atoms. The molecule has 3 unspecified atom stereocenters. The number of carbonyl (C=O) groups excluding carboxylic acids is 3. The van der Waals surface area contributed by atoms with Gasteiger partial charge in [-0.1, -0.05) is 69.2 Å². The van der Waals surface area contributed by atoms with Crippen molar-refractivity contribution in [2.45, 2.75) is 111 Å². The van der Waals surface area contributed by atoms with E-state index in [1.165, 1.54) is 0 Å². The van der Waals surface area contributed by atoms with E-state index in [0.29, 0.717) is 43.4 Å².